The van der Waals surface area contributed by atoms with Crippen molar-refractivity contribution in [1.82, 2.24) is 9.80 Å². The zero-order valence-corrected chi connectivity index (χ0v) is 15.4. The van der Waals surface area contributed by atoms with E-state index >= 15 is 0 Å². The summed E-state index contributed by atoms with van der Waals surface area (Å²) in [5.41, 5.74) is 0. The number of nitrogens with zero attached hydrogens (tertiary/aromatic N) is 2. The quantitative estimate of drug-likeness (QED) is 0.680. The van der Waals surface area contributed by atoms with E-state index in [0.717, 1.165) is 57.9 Å². The Hall–Kier alpha value is -0.220. The normalized spacial score (nSPS) is 23.8. The van der Waals surface area contributed by atoms with E-state index in [9.17, 15) is 4.79 Å². The number of hydrogen-bond acceptors (Lipinski definition) is 3. The van der Waals surface area contributed by atoms with Gasteiger partial charge in [0.2, 0.25) is 5.91 Å². The molecule has 0 unspecified atom stereocenters. The predicted molar refractivity (Wildman–Crippen MR) is 96.4 cm³/mol. The molecule has 1 amide bonds. The fraction of sp³-hybridized carbons (Fsp3) is 0.944. The first-order valence-electron chi connectivity index (χ1n) is 9.36. The summed E-state index contributed by atoms with van der Waals surface area (Å²) >= 11 is 2.09. The molecule has 128 valence electrons. The van der Waals surface area contributed by atoms with E-state index in [1.54, 1.807) is 0 Å². The lowest BCUT2D eigenvalue weighted by atomic mass is 9.94. The molecule has 0 aromatic heterocycles. The van der Waals surface area contributed by atoms with E-state index in [0.29, 0.717) is 11.8 Å². The summed E-state index contributed by atoms with van der Waals surface area (Å²) in [5.74, 6) is 3.37. The van der Waals surface area contributed by atoms with Gasteiger partial charge >= 0.3 is 0 Å². The summed E-state index contributed by atoms with van der Waals surface area (Å²) in [5, 5.41) is 0. The van der Waals surface area contributed by atoms with Crippen molar-refractivity contribution in [2.24, 2.45) is 5.92 Å². The number of thioether (sulfide) groups is 1. The second-order valence-electron chi connectivity index (χ2n) is 6.86. The first-order valence-corrected chi connectivity index (χ1v) is 10.5. The third kappa shape index (κ3) is 5.16. The van der Waals surface area contributed by atoms with Crippen molar-refractivity contribution in [3.05, 3.63) is 0 Å². The molecule has 0 aromatic carbocycles. The highest BCUT2D eigenvalue weighted by Gasteiger charge is 2.31. The molecule has 1 atom stereocenters. The Morgan fingerprint density at radius 2 is 1.73 bits per heavy atom. The molecule has 0 bridgehead atoms. The number of rotatable bonds is 8. The molecule has 22 heavy (non-hydrogen) atoms. The van der Waals surface area contributed by atoms with Crippen molar-refractivity contribution in [1.29, 1.82) is 0 Å². The van der Waals surface area contributed by atoms with Gasteiger partial charge in [0.1, 0.15) is 0 Å². The molecule has 0 saturated carbocycles. The average molecular weight is 327 g/mol. The number of unbranched alkanes of at least 4 members (excludes halogenated alkanes) is 2. The van der Waals surface area contributed by atoms with Crippen LogP contribution in [0.5, 0.6) is 0 Å². The number of carbonyl (C=O) groups excluding carboxylic acids is 1. The van der Waals surface area contributed by atoms with Crippen LogP contribution >= 0.6 is 11.8 Å². The lowest BCUT2D eigenvalue weighted by Crippen LogP contribution is -2.46. The minimum atomic E-state index is 0.291. The molecule has 2 fully saturated rings. The number of amides is 1. The van der Waals surface area contributed by atoms with Gasteiger partial charge in [-0.05, 0) is 50.9 Å². The van der Waals surface area contributed by atoms with Gasteiger partial charge in [-0.15, -0.1) is 0 Å². The highest BCUT2D eigenvalue weighted by Crippen LogP contribution is 2.27. The van der Waals surface area contributed by atoms with Gasteiger partial charge in [0.25, 0.3) is 0 Å². The van der Waals surface area contributed by atoms with Crippen molar-refractivity contribution in [2.45, 2.75) is 64.8 Å². The van der Waals surface area contributed by atoms with Gasteiger partial charge in [-0.2, -0.15) is 11.8 Å². The molecule has 2 aliphatic heterocycles. The van der Waals surface area contributed by atoms with Crippen LogP contribution in [0.15, 0.2) is 0 Å². The average Bonchev–Trinajstić information content (AvgIpc) is 3.09. The number of carbonyl (C=O) groups is 1. The Balaban J connectivity index is 1.80. The second kappa shape index (κ2) is 9.82. The maximum absolute atomic E-state index is 12.8. The molecule has 2 heterocycles. The largest absolute Gasteiger partial charge is 0.342 e. The lowest BCUT2D eigenvalue weighted by Gasteiger charge is -2.37. The van der Waals surface area contributed by atoms with Crippen LogP contribution in [-0.4, -0.2) is 59.4 Å². The van der Waals surface area contributed by atoms with E-state index in [2.05, 4.69) is 35.4 Å². The Bertz CT molecular complexity index is 315. The predicted octanol–water partition coefficient (Wildman–Crippen LogP) is 3.63. The molecule has 3 nitrogen and oxygen atoms in total. The van der Waals surface area contributed by atoms with Crippen LogP contribution in [0.1, 0.15) is 58.8 Å². The van der Waals surface area contributed by atoms with E-state index < -0.39 is 0 Å². The van der Waals surface area contributed by atoms with Crippen molar-refractivity contribution in [3.8, 4) is 0 Å². The van der Waals surface area contributed by atoms with E-state index in [4.69, 9.17) is 0 Å². The lowest BCUT2D eigenvalue weighted by molar-refractivity contribution is -0.137. The molecule has 2 saturated heterocycles. The Morgan fingerprint density at radius 3 is 2.23 bits per heavy atom. The highest BCUT2D eigenvalue weighted by molar-refractivity contribution is 7.99. The number of piperidine rings is 1. The summed E-state index contributed by atoms with van der Waals surface area (Å²) in [6.45, 7) is 8.62. The summed E-state index contributed by atoms with van der Waals surface area (Å²) in [6, 6.07) is 0.789. The van der Waals surface area contributed by atoms with Crippen LogP contribution in [0.2, 0.25) is 0 Å². The molecule has 0 aliphatic carbocycles. The van der Waals surface area contributed by atoms with E-state index in [1.165, 1.54) is 30.8 Å². The maximum atomic E-state index is 12.8. The van der Waals surface area contributed by atoms with Crippen molar-refractivity contribution >= 4 is 17.7 Å². The smallest absolute Gasteiger partial charge is 0.225 e. The van der Waals surface area contributed by atoms with Crippen molar-refractivity contribution in [3.63, 3.8) is 0 Å². The minimum absolute atomic E-state index is 0.291. The Labute approximate surface area is 141 Å². The molecule has 2 rings (SSSR count). The number of likely N-dealkylation sites (tertiary alicyclic amines) is 1. The van der Waals surface area contributed by atoms with Gasteiger partial charge in [0, 0.05) is 30.8 Å². The van der Waals surface area contributed by atoms with Gasteiger partial charge < -0.3 is 4.90 Å². The van der Waals surface area contributed by atoms with Gasteiger partial charge in [-0.3, -0.25) is 9.69 Å². The van der Waals surface area contributed by atoms with Gasteiger partial charge in [-0.1, -0.05) is 26.7 Å². The molecule has 0 spiro atoms. The van der Waals surface area contributed by atoms with Gasteiger partial charge in [-0.25, -0.2) is 0 Å². The summed E-state index contributed by atoms with van der Waals surface area (Å²) in [7, 11) is 0. The van der Waals surface area contributed by atoms with Gasteiger partial charge in [0.05, 0.1) is 0 Å². The highest BCUT2D eigenvalue weighted by atomic mass is 32.2. The summed E-state index contributed by atoms with van der Waals surface area (Å²) < 4.78 is 0. The zero-order valence-electron chi connectivity index (χ0n) is 14.6. The van der Waals surface area contributed by atoms with Crippen LogP contribution in [0, 0.1) is 5.92 Å². The minimum Gasteiger partial charge on any atom is -0.342 e. The molecular weight excluding hydrogens is 292 g/mol. The van der Waals surface area contributed by atoms with Crippen LogP contribution in [0.3, 0.4) is 0 Å². The standard InChI is InChI=1S/C18H34N2OS/c1-3-5-10-20(11-6-4-2)18(21)16-7-12-19(13-8-16)17-9-14-22-15-17/h16-17H,3-15H2,1-2H3/t17-/m1/s1. The summed E-state index contributed by atoms with van der Waals surface area (Å²) in [4.78, 5) is 17.7. The van der Waals surface area contributed by atoms with Gasteiger partial charge in [0.15, 0.2) is 0 Å². The SMILES string of the molecule is CCCCN(CCCC)C(=O)C1CCN([C@@H]2CCSC2)CC1. The molecular formula is C18H34N2OS. The van der Waals surface area contributed by atoms with Crippen molar-refractivity contribution in [2.75, 3.05) is 37.7 Å². The third-order valence-corrected chi connectivity index (χ3v) is 6.32. The Kier molecular flexibility index (Phi) is 8.09. The maximum Gasteiger partial charge on any atom is 0.225 e. The van der Waals surface area contributed by atoms with E-state index in [-0.39, 0.29) is 0 Å². The number of hydrogen-bond donors (Lipinski definition) is 0. The fourth-order valence-corrected chi connectivity index (χ4v) is 4.86. The molecule has 0 N–H and O–H groups in total. The van der Waals surface area contributed by atoms with Crippen LogP contribution in [-0.2, 0) is 4.79 Å². The molecule has 2 aliphatic rings. The van der Waals surface area contributed by atoms with Crippen molar-refractivity contribution < 1.29 is 4.79 Å². The molecule has 0 aromatic rings. The topological polar surface area (TPSA) is 23.6 Å². The Morgan fingerprint density at radius 1 is 1.09 bits per heavy atom. The van der Waals surface area contributed by atoms with E-state index in [1.807, 2.05) is 0 Å². The summed E-state index contributed by atoms with van der Waals surface area (Å²) in [6.07, 6.45) is 8.15. The first-order chi connectivity index (χ1) is 10.8. The first kappa shape index (κ1) is 18.1. The van der Waals surface area contributed by atoms with Crippen LogP contribution < -0.4 is 0 Å². The monoisotopic (exact) mass is 326 g/mol. The zero-order chi connectivity index (χ0) is 15.8. The second-order valence-corrected chi connectivity index (χ2v) is 8.01. The fourth-order valence-electron chi connectivity index (χ4n) is 3.61. The van der Waals surface area contributed by atoms with Crippen LogP contribution in [0.4, 0.5) is 0 Å². The molecule has 4 heteroatoms. The molecule has 0 radical (unpaired) electrons. The van der Waals surface area contributed by atoms with Crippen LogP contribution in [0.25, 0.3) is 0 Å². The third-order valence-electron chi connectivity index (χ3n) is 5.18.